The molecule has 1 aromatic heterocycles. The second-order valence-corrected chi connectivity index (χ2v) is 11.8. The molecule has 0 bridgehead atoms. The molecule has 2 aliphatic carbocycles. The number of urea groups is 1. The summed E-state index contributed by atoms with van der Waals surface area (Å²) >= 11 is 0. The van der Waals surface area contributed by atoms with E-state index in [2.05, 4.69) is 16.5 Å². The maximum Gasteiger partial charge on any atom is 0.326 e. The lowest BCUT2D eigenvalue weighted by Gasteiger charge is -2.38. The van der Waals surface area contributed by atoms with Crippen LogP contribution in [0.5, 0.6) is 0 Å². The van der Waals surface area contributed by atoms with Crippen molar-refractivity contribution in [2.45, 2.75) is 84.1 Å². The maximum absolute atomic E-state index is 13.7. The van der Waals surface area contributed by atoms with E-state index >= 15 is 0 Å². The largest absolute Gasteiger partial charge is 0.740 e. The van der Waals surface area contributed by atoms with Crippen LogP contribution in [0, 0.1) is 12.1 Å². The number of carbonyl (C=O) groups is 1. The molecule has 2 heterocycles. The van der Waals surface area contributed by atoms with E-state index in [1.54, 1.807) is 6.92 Å². The summed E-state index contributed by atoms with van der Waals surface area (Å²) in [6.45, 7) is 6.25. The molecule has 1 fully saturated rings. The molecule has 5 rings (SSSR count). The topological polar surface area (TPSA) is 128 Å². The molecule has 2 aromatic rings. The molecule has 1 N–H and O–H groups in total. The lowest BCUT2D eigenvalue weighted by Crippen LogP contribution is -2.51. The number of carbonyl (C=O) groups excluding carboxylic acids is 1. The van der Waals surface area contributed by atoms with Gasteiger partial charge in [0.05, 0.1) is 11.7 Å². The van der Waals surface area contributed by atoms with Crippen molar-refractivity contribution in [1.29, 1.82) is 0 Å². The quantitative estimate of drug-likeness (QED) is 0.564. The van der Waals surface area contributed by atoms with Gasteiger partial charge in [0.25, 0.3) is 0 Å². The monoisotopic (exact) mass is 517 g/mol. The Hall–Kier alpha value is -2.63. The Morgan fingerprint density at radius 1 is 1.11 bits per heavy atom. The molecule has 11 heteroatoms. The Morgan fingerprint density at radius 2 is 1.72 bits per heavy atom. The lowest BCUT2D eigenvalue weighted by atomic mass is 9.99. The zero-order chi connectivity index (χ0) is 25.6. The standard InChI is InChI=1S/C25H33N4O6S/c1-15(2)22-16(3)24(35-27-22)28(19-10-12-34-13-11-19)36(32,33)29(31)25(30)26-23-20-8-4-6-17(20)14-18-7-5-9-21(18)23/h14-15,19H,4-13H2,1-3H3,(H,26,30)/q-1. The number of amides is 2. The van der Waals surface area contributed by atoms with Gasteiger partial charge < -0.3 is 19.8 Å². The van der Waals surface area contributed by atoms with E-state index in [9.17, 15) is 18.4 Å². The number of hydrogen-bond donors (Lipinski definition) is 1. The van der Waals surface area contributed by atoms with Crippen molar-refractivity contribution in [2.24, 2.45) is 0 Å². The number of fused-ring (bicyclic) bond motifs is 2. The molecule has 0 atom stereocenters. The van der Waals surface area contributed by atoms with Crippen LogP contribution in [0.3, 0.4) is 0 Å². The summed E-state index contributed by atoms with van der Waals surface area (Å²) in [5.41, 5.74) is 6.14. The molecule has 1 aromatic carbocycles. The summed E-state index contributed by atoms with van der Waals surface area (Å²) in [6, 6.07) is 0.394. The SMILES string of the molecule is Cc1c(C(C)C)noc1N(C1CCOCC1)S(=O)(=O)N([O-])C(=O)Nc1c2c(cc3c1CCC3)CCC2. The Labute approximate surface area is 211 Å². The first-order valence-corrected chi connectivity index (χ1v) is 14.1. The van der Waals surface area contributed by atoms with E-state index in [4.69, 9.17) is 9.26 Å². The van der Waals surface area contributed by atoms with Crippen molar-refractivity contribution in [3.8, 4) is 0 Å². The first-order chi connectivity index (χ1) is 17.2. The fraction of sp³-hybridized carbons (Fsp3) is 0.600. The number of ether oxygens (including phenoxy) is 1. The molecule has 3 aliphatic rings. The number of hydroxylamine groups is 1. The van der Waals surface area contributed by atoms with Crippen molar-refractivity contribution in [2.75, 3.05) is 22.8 Å². The Kier molecular flexibility index (Phi) is 6.73. The summed E-state index contributed by atoms with van der Waals surface area (Å²) in [6.07, 6.45) is 6.12. The van der Waals surface area contributed by atoms with E-state index in [-0.39, 0.29) is 11.8 Å². The minimum Gasteiger partial charge on any atom is -0.740 e. The number of aryl methyl sites for hydroxylation is 2. The highest BCUT2D eigenvalue weighted by Gasteiger charge is 2.39. The molecule has 0 saturated carbocycles. The molecule has 0 radical (unpaired) electrons. The highest BCUT2D eigenvalue weighted by molar-refractivity contribution is 7.91. The summed E-state index contributed by atoms with van der Waals surface area (Å²) < 4.78 is 38.8. The van der Waals surface area contributed by atoms with Gasteiger partial charge in [-0.2, -0.15) is 8.42 Å². The minimum absolute atomic E-state index is 0.00401. The molecule has 1 aliphatic heterocycles. The molecule has 10 nitrogen and oxygen atoms in total. The normalized spacial score (nSPS) is 17.8. The third-order valence-electron chi connectivity index (χ3n) is 7.53. The van der Waals surface area contributed by atoms with Crippen LogP contribution in [0.1, 0.15) is 79.0 Å². The third kappa shape index (κ3) is 4.26. The minimum atomic E-state index is -4.83. The first-order valence-electron chi connectivity index (χ1n) is 12.7. The number of aromatic nitrogens is 1. The van der Waals surface area contributed by atoms with Crippen molar-refractivity contribution >= 4 is 27.8 Å². The number of rotatable bonds is 6. The van der Waals surface area contributed by atoms with Gasteiger partial charge in [0.15, 0.2) is 0 Å². The Morgan fingerprint density at radius 3 is 2.28 bits per heavy atom. The zero-order valence-corrected chi connectivity index (χ0v) is 21.8. The van der Waals surface area contributed by atoms with Gasteiger partial charge in [0.2, 0.25) is 5.88 Å². The van der Waals surface area contributed by atoms with Gasteiger partial charge in [-0.05, 0) is 86.5 Å². The predicted molar refractivity (Wildman–Crippen MR) is 135 cm³/mol. The van der Waals surface area contributed by atoms with Gasteiger partial charge in [-0.15, -0.1) is 0 Å². The van der Waals surface area contributed by atoms with E-state index in [0.717, 1.165) is 54.0 Å². The van der Waals surface area contributed by atoms with Gasteiger partial charge in [-0.3, -0.25) is 4.47 Å². The second kappa shape index (κ2) is 9.68. The smallest absolute Gasteiger partial charge is 0.326 e. The lowest BCUT2D eigenvalue weighted by molar-refractivity contribution is 0.0866. The van der Waals surface area contributed by atoms with Crippen LogP contribution >= 0.6 is 0 Å². The first kappa shape index (κ1) is 25.0. The molecule has 36 heavy (non-hydrogen) atoms. The third-order valence-corrected chi connectivity index (χ3v) is 9.08. The summed E-state index contributed by atoms with van der Waals surface area (Å²) in [4.78, 5) is 13.2. The molecule has 196 valence electrons. The van der Waals surface area contributed by atoms with E-state index < -0.39 is 26.8 Å². The predicted octanol–water partition coefficient (Wildman–Crippen LogP) is 4.35. The molecule has 0 unspecified atom stereocenters. The van der Waals surface area contributed by atoms with E-state index in [0.29, 0.717) is 43.0 Å². The number of nitrogens with zero attached hydrogens (tertiary/aromatic N) is 3. The van der Waals surface area contributed by atoms with Crippen LogP contribution < -0.4 is 9.62 Å². The molecule has 2 amide bonds. The van der Waals surface area contributed by atoms with Crippen molar-refractivity contribution in [3.63, 3.8) is 0 Å². The molecular formula is C25H33N4O6S-. The molecular weight excluding hydrogens is 484 g/mol. The zero-order valence-electron chi connectivity index (χ0n) is 21.0. The summed E-state index contributed by atoms with van der Waals surface area (Å²) in [7, 11) is -4.83. The van der Waals surface area contributed by atoms with Crippen LogP contribution in [0.4, 0.5) is 16.4 Å². The van der Waals surface area contributed by atoms with Gasteiger partial charge in [-0.1, -0.05) is 25.1 Å². The second-order valence-electron chi connectivity index (χ2n) is 10.2. The molecule has 1 saturated heterocycles. The van der Waals surface area contributed by atoms with E-state index in [1.807, 2.05) is 13.8 Å². The average molecular weight is 518 g/mol. The number of hydrogen-bond acceptors (Lipinski definition) is 7. The van der Waals surface area contributed by atoms with Crippen molar-refractivity contribution in [1.82, 2.24) is 9.63 Å². The van der Waals surface area contributed by atoms with Crippen LogP contribution in [-0.4, -0.2) is 43.3 Å². The highest BCUT2D eigenvalue weighted by Crippen LogP contribution is 2.39. The fourth-order valence-corrected chi connectivity index (χ4v) is 7.15. The molecule has 0 spiro atoms. The number of nitrogens with one attached hydrogen (secondary N) is 1. The van der Waals surface area contributed by atoms with Gasteiger partial charge >= 0.3 is 16.2 Å². The summed E-state index contributed by atoms with van der Waals surface area (Å²) in [5, 5.41) is 20.0. The van der Waals surface area contributed by atoms with Crippen LogP contribution in [0.2, 0.25) is 0 Å². The number of anilines is 2. The number of benzene rings is 1. The van der Waals surface area contributed by atoms with Gasteiger partial charge in [0, 0.05) is 24.5 Å². The Bertz CT molecular complexity index is 1230. The van der Waals surface area contributed by atoms with Crippen LogP contribution in [0.25, 0.3) is 0 Å². The van der Waals surface area contributed by atoms with Gasteiger partial charge in [0.1, 0.15) is 0 Å². The van der Waals surface area contributed by atoms with Crippen LogP contribution in [-0.2, 0) is 40.6 Å². The average Bonchev–Trinajstić information content (AvgIpc) is 3.59. The van der Waals surface area contributed by atoms with Crippen LogP contribution in [0.15, 0.2) is 10.6 Å². The van der Waals surface area contributed by atoms with E-state index in [1.165, 1.54) is 11.1 Å². The summed E-state index contributed by atoms with van der Waals surface area (Å²) in [5.74, 6) is -0.0311. The highest BCUT2D eigenvalue weighted by atomic mass is 32.2. The van der Waals surface area contributed by atoms with Crippen molar-refractivity contribution in [3.05, 3.63) is 44.8 Å². The maximum atomic E-state index is 13.7. The fourth-order valence-electron chi connectivity index (χ4n) is 5.77. The Balaban J connectivity index is 1.48. The van der Waals surface area contributed by atoms with Gasteiger partial charge in [-0.25, -0.2) is 9.10 Å². The van der Waals surface area contributed by atoms with Crippen molar-refractivity contribution < 1.29 is 22.5 Å².